The van der Waals surface area contributed by atoms with Gasteiger partial charge in [0.15, 0.2) is 0 Å². The van der Waals surface area contributed by atoms with E-state index in [0.29, 0.717) is 11.4 Å². The second kappa shape index (κ2) is 5.27. The summed E-state index contributed by atoms with van der Waals surface area (Å²) in [6.45, 7) is 0. The molecule has 0 saturated carbocycles. The molecule has 0 fully saturated rings. The molecule has 0 aromatic heterocycles. The number of anilines is 2. The fraction of sp³-hybridized carbons (Fsp3) is 0. The second-order valence-corrected chi connectivity index (χ2v) is 5.67. The molecule has 2 rings (SSSR count). The Balaban J connectivity index is 2.66. The fourth-order valence-corrected chi connectivity index (χ4v) is 3.34. The van der Waals surface area contributed by atoms with Crippen LogP contribution in [0.3, 0.4) is 0 Å². The summed E-state index contributed by atoms with van der Waals surface area (Å²) < 4.78 is 25.2. The van der Waals surface area contributed by atoms with Crippen molar-refractivity contribution in [3.8, 4) is 0 Å². The highest BCUT2D eigenvalue weighted by Gasteiger charge is 2.23. The molecule has 0 aliphatic heterocycles. The molecule has 0 aliphatic rings. The Morgan fingerprint density at radius 3 is 1.47 bits per heavy atom. The van der Waals surface area contributed by atoms with Gasteiger partial charge in [-0.05, 0) is 24.3 Å². The summed E-state index contributed by atoms with van der Waals surface area (Å²) in [7, 11) is -3.71. The van der Waals surface area contributed by atoms with Crippen molar-refractivity contribution >= 4 is 21.2 Å². The molecule has 19 heavy (non-hydrogen) atoms. The van der Waals surface area contributed by atoms with Gasteiger partial charge in [-0.15, -0.1) is 0 Å². The molecule has 0 saturated heterocycles. The lowest BCUT2D eigenvalue weighted by molar-refractivity contribution is 0.596. The minimum atomic E-state index is -3.71. The van der Waals surface area contributed by atoms with E-state index in [2.05, 4.69) is 10.9 Å². The van der Waals surface area contributed by atoms with E-state index in [0.717, 1.165) is 0 Å². The number of benzene rings is 2. The third kappa shape index (κ3) is 2.39. The maximum atomic E-state index is 12.6. The highest BCUT2D eigenvalue weighted by atomic mass is 32.2. The van der Waals surface area contributed by atoms with Crippen LogP contribution < -0.4 is 22.5 Å². The lowest BCUT2D eigenvalue weighted by atomic mass is 10.3. The normalized spacial score (nSPS) is 11.1. The summed E-state index contributed by atoms with van der Waals surface area (Å²) in [5.74, 6) is 10.7. The molecule has 0 amide bonds. The van der Waals surface area contributed by atoms with E-state index < -0.39 is 9.84 Å². The number of hydrogen-bond donors (Lipinski definition) is 4. The number of nitrogen functional groups attached to an aromatic ring is 2. The summed E-state index contributed by atoms with van der Waals surface area (Å²) in [5, 5.41) is 0. The van der Waals surface area contributed by atoms with Crippen LogP contribution in [-0.4, -0.2) is 8.42 Å². The van der Waals surface area contributed by atoms with Gasteiger partial charge < -0.3 is 10.9 Å². The Morgan fingerprint density at radius 1 is 0.737 bits per heavy atom. The van der Waals surface area contributed by atoms with Crippen LogP contribution >= 0.6 is 0 Å². The molecule has 0 bridgehead atoms. The van der Waals surface area contributed by atoms with E-state index in [4.69, 9.17) is 11.7 Å². The number of hydrazine groups is 2. The van der Waals surface area contributed by atoms with Gasteiger partial charge in [-0.25, -0.2) is 8.42 Å². The molecule has 0 spiro atoms. The second-order valence-electron chi connectivity index (χ2n) is 3.78. The van der Waals surface area contributed by atoms with E-state index in [1.165, 1.54) is 12.1 Å². The lowest BCUT2D eigenvalue weighted by Crippen LogP contribution is -2.15. The maximum Gasteiger partial charge on any atom is 0.210 e. The van der Waals surface area contributed by atoms with Gasteiger partial charge in [0.05, 0.1) is 21.2 Å². The first kappa shape index (κ1) is 13.3. The zero-order valence-corrected chi connectivity index (χ0v) is 10.8. The molecule has 6 N–H and O–H groups in total. The molecule has 2 aromatic rings. The summed E-state index contributed by atoms with van der Waals surface area (Å²) >= 11 is 0. The average molecular weight is 278 g/mol. The van der Waals surface area contributed by atoms with E-state index in [1.807, 2.05) is 0 Å². The zero-order chi connectivity index (χ0) is 13.9. The smallest absolute Gasteiger partial charge is 0.210 e. The van der Waals surface area contributed by atoms with Crippen LogP contribution in [0.2, 0.25) is 0 Å². The van der Waals surface area contributed by atoms with Crippen molar-refractivity contribution in [1.82, 2.24) is 0 Å². The van der Waals surface area contributed by atoms with Crippen molar-refractivity contribution < 1.29 is 8.42 Å². The number of rotatable bonds is 4. The molecular formula is C12H14N4O2S. The van der Waals surface area contributed by atoms with Crippen molar-refractivity contribution in [3.05, 3.63) is 48.5 Å². The van der Waals surface area contributed by atoms with Gasteiger partial charge in [-0.1, -0.05) is 24.3 Å². The molecule has 0 atom stereocenters. The summed E-state index contributed by atoms with van der Waals surface area (Å²) in [5.41, 5.74) is 5.41. The van der Waals surface area contributed by atoms with Crippen molar-refractivity contribution in [2.75, 3.05) is 10.9 Å². The highest BCUT2D eigenvalue weighted by molar-refractivity contribution is 7.91. The molecule has 100 valence electrons. The van der Waals surface area contributed by atoms with Crippen molar-refractivity contribution in [3.63, 3.8) is 0 Å². The number of para-hydroxylation sites is 2. The van der Waals surface area contributed by atoms with Crippen molar-refractivity contribution in [1.29, 1.82) is 0 Å². The molecule has 7 heteroatoms. The zero-order valence-electron chi connectivity index (χ0n) is 10.00. The Labute approximate surface area is 111 Å². The monoisotopic (exact) mass is 278 g/mol. The Morgan fingerprint density at radius 2 is 1.11 bits per heavy atom. The SMILES string of the molecule is NNc1ccccc1S(=O)(=O)c1ccccc1NN. The first-order valence-electron chi connectivity index (χ1n) is 5.47. The van der Waals surface area contributed by atoms with Gasteiger partial charge in [0, 0.05) is 0 Å². The quantitative estimate of drug-likeness (QED) is 0.492. The van der Waals surface area contributed by atoms with Gasteiger partial charge in [-0.2, -0.15) is 0 Å². The van der Waals surface area contributed by atoms with Crippen LogP contribution in [0.4, 0.5) is 11.4 Å². The minimum absolute atomic E-state index is 0.0974. The third-order valence-electron chi connectivity index (χ3n) is 2.66. The predicted octanol–water partition coefficient (Wildman–Crippen LogP) is 1.09. The summed E-state index contributed by atoms with van der Waals surface area (Å²) in [6, 6.07) is 12.8. The summed E-state index contributed by atoms with van der Waals surface area (Å²) in [6.07, 6.45) is 0. The van der Waals surface area contributed by atoms with Crippen LogP contribution in [-0.2, 0) is 9.84 Å². The molecule has 0 heterocycles. The van der Waals surface area contributed by atoms with Crippen LogP contribution in [0.15, 0.2) is 58.3 Å². The van der Waals surface area contributed by atoms with Crippen molar-refractivity contribution in [2.24, 2.45) is 11.7 Å². The molecule has 0 radical (unpaired) electrons. The van der Waals surface area contributed by atoms with Crippen molar-refractivity contribution in [2.45, 2.75) is 9.79 Å². The van der Waals surface area contributed by atoms with Crippen LogP contribution in [0, 0.1) is 0 Å². The first-order chi connectivity index (χ1) is 9.11. The Kier molecular flexibility index (Phi) is 3.70. The van der Waals surface area contributed by atoms with Crippen LogP contribution in [0.5, 0.6) is 0 Å². The van der Waals surface area contributed by atoms with E-state index >= 15 is 0 Å². The van der Waals surface area contributed by atoms with Crippen LogP contribution in [0.1, 0.15) is 0 Å². The number of nitrogens with one attached hydrogen (secondary N) is 2. The molecule has 6 nitrogen and oxygen atoms in total. The fourth-order valence-electron chi connectivity index (χ4n) is 1.76. The van der Waals surface area contributed by atoms with Gasteiger partial charge in [0.1, 0.15) is 0 Å². The third-order valence-corrected chi connectivity index (χ3v) is 4.53. The maximum absolute atomic E-state index is 12.6. The first-order valence-corrected chi connectivity index (χ1v) is 6.96. The van der Waals surface area contributed by atoms with Crippen LogP contribution in [0.25, 0.3) is 0 Å². The lowest BCUT2D eigenvalue weighted by Gasteiger charge is -2.12. The largest absolute Gasteiger partial charge is 0.323 e. The molecule has 0 aliphatic carbocycles. The van der Waals surface area contributed by atoms with Gasteiger partial charge in [0.2, 0.25) is 9.84 Å². The molecular weight excluding hydrogens is 264 g/mol. The van der Waals surface area contributed by atoms with Gasteiger partial charge in [0.25, 0.3) is 0 Å². The predicted molar refractivity (Wildman–Crippen MR) is 74.0 cm³/mol. The summed E-state index contributed by atoms with van der Waals surface area (Å²) in [4.78, 5) is 0.195. The average Bonchev–Trinajstić information content (AvgIpc) is 2.47. The highest BCUT2D eigenvalue weighted by Crippen LogP contribution is 2.30. The van der Waals surface area contributed by atoms with E-state index in [1.54, 1.807) is 36.4 Å². The standard InChI is InChI=1S/C12H14N4O2S/c13-15-9-5-1-3-7-11(9)19(17,18)12-8-4-2-6-10(12)16-14/h1-8,15-16H,13-14H2. The molecule has 2 aromatic carbocycles. The number of sulfone groups is 1. The topological polar surface area (TPSA) is 110 Å². The number of hydrogen-bond acceptors (Lipinski definition) is 6. The minimum Gasteiger partial charge on any atom is -0.323 e. The van der Waals surface area contributed by atoms with E-state index in [-0.39, 0.29) is 9.79 Å². The Bertz CT molecular complexity index is 632. The van der Waals surface area contributed by atoms with E-state index in [9.17, 15) is 8.42 Å². The molecule has 0 unspecified atom stereocenters. The Hall–Kier alpha value is -2.09. The number of nitrogens with two attached hydrogens (primary N) is 2. The van der Waals surface area contributed by atoms with Gasteiger partial charge in [-0.3, -0.25) is 11.7 Å². The van der Waals surface area contributed by atoms with Gasteiger partial charge >= 0.3 is 0 Å².